The van der Waals surface area contributed by atoms with Gasteiger partial charge in [-0.2, -0.15) is 0 Å². The first kappa shape index (κ1) is 16.5. The van der Waals surface area contributed by atoms with Crippen molar-refractivity contribution in [3.63, 3.8) is 0 Å². The van der Waals surface area contributed by atoms with Crippen LogP contribution in [-0.2, 0) is 6.61 Å². The van der Waals surface area contributed by atoms with Gasteiger partial charge in [-0.1, -0.05) is 30.3 Å². The van der Waals surface area contributed by atoms with Crippen molar-refractivity contribution in [2.45, 2.75) is 6.61 Å². The number of nitrogens with one attached hydrogen (secondary N) is 1. The largest absolute Gasteiger partial charge is 0.493 e. The highest BCUT2D eigenvalue weighted by Crippen LogP contribution is 2.32. The quantitative estimate of drug-likeness (QED) is 0.524. The summed E-state index contributed by atoms with van der Waals surface area (Å²) in [6.45, 7) is 0.401. The van der Waals surface area contributed by atoms with Crippen LogP contribution < -0.4 is 15.0 Å². The Hall–Kier alpha value is -3.39. The van der Waals surface area contributed by atoms with Gasteiger partial charge >= 0.3 is 11.8 Å². The number of ether oxygens (including phenoxy) is 2. The SMILES string of the molecule is COc1cc(-c2nnc(C(=O)NO)o2)ccc1OCc1ccccc1. The summed E-state index contributed by atoms with van der Waals surface area (Å²) < 4.78 is 16.3. The predicted molar refractivity (Wildman–Crippen MR) is 86.3 cm³/mol. The number of aromatic nitrogens is 2. The van der Waals surface area contributed by atoms with E-state index in [0.29, 0.717) is 23.7 Å². The molecule has 0 fully saturated rings. The third-order valence-corrected chi connectivity index (χ3v) is 3.37. The van der Waals surface area contributed by atoms with Crippen molar-refractivity contribution in [1.29, 1.82) is 0 Å². The van der Waals surface area contributed by atoms with E-state index in [1.807, 2.05) is 30.3 Å². The van der Waals surface area contributed by atoms with E-state index in [2.05, 4.69) is 10.2 Å². The van der Waals surface area contributed by atoms with Gasteiger partial charge in [0.15, 0.2) is 11.5 Å². The number of amides is 1. The molecule has 128 valence electrons. The molecule has 1 aromatic heterocycles. The van der Waals surface area contributed by atoms with E-state index >= 15 is 0 Å². The summed E-state index contributed by atoms with van der Waals surface area (Å²) >= 11 is 0. The molecule has 3 rings (SSSR count). The molecular weight excluding hydrogens is 326 g/mol. The van der Waals surface area contributed by atoms with Crippen LogP contribution in [0.5, 0.6) is 11.5 Å². The molecular formula is C17H15N3O5. The maximum absolute atomic E-state index is 11.3. The molecule has 0 atom stereocenters. The third-order valence-electron chi connectivity index (χ3n) is 3.37. The van der Waals surface area contributed by atoms with Gasteiger partial charge in [-0.25, -0.2) is 5.48 Å². The van der Waals surface area contributed by atoms with Gasteiger partial charge in [0.25, 0.3) is 0 Å². The molecule has 0 spiro atoms. The number of methoxy groups -OCH3 is 1. The van der Waals surface area contributed by atoms with E-state index in [0.717, 1.165) is 5.56 Å². The molecule has 1 heterocycles. The third kappa shape index (κ3) is 3.75. The topological polar surface area (TPSA) is 107 Å². The average molecular weight is 341 g/mol. The Morgan fingerprint density at radius 2 is 1.96 bits per heavy atom. The number of benzene rings is 2. The Balaban J connectivity index is 1.79. The Kier molecular flexibility index (Phi) is 4.91. The normalized spacial score (nSPS) is 10.3. The number of nitrogens with zero attached hydrogens (tertiary/aromatic N) is 2. The van der Waals surface area contributed by atoms with E-state index in [4.69, 9.17) is 19.1 Å². The molecule has 1 amide bonds. The van der Waals surface area contributed by atoms with Crippen molar-refractivity contribution < 1.29 is 23.9 Å². The van der Waals surface area contributed by atoms with Crippen molar-refractivity contribution in [2.24, 2.45) is 0 Å². The zero-order chi connectivity index (χ0) is 17.6. The number of carbonyl (C=O) groups is 1. The number of hydrogen-bond donors (Lipinski definition) is 2. The van der Waals surface area contributed by atoms with Crippen LogP contribution in [0.3, 0.4) is 0 Å². The van der Waals surface area contributed by atoms with Crippen LogP contribution in [-0.4, -0.2) is 28.4 Å². The fourth-order valence-corrected chi connectivity index (χ4v) is 2.13. The minimum absolute atomic E-state index is 0.117. The summed E-state index contributed by atoms with van der Waals surface area (Å²) in [5.41, 5.74) is 3.01. The standard InChI is InChI=1S/C17H15N3O5/c1-23-14-9-12(16-18-19-17(25-16)15(21)20-22)7-8-13(14)24-10-11-5-3-2-4-6-11/h2-9,22H,10H2,1H3,(H,20,21). The highest BCUT2D eigenvalue weighted by Gasteiger charge is 2.16. The number of carbonyl (C=O) groups excluding carboxylic acids is 1. The Bertz CT molecular complexity index is 864. The van der Waals surface area contributed by atoms with Crippen molar-refractivity contribution in [3.8, 4) is 23.0 Å². The highest BCUT2D eigenvalue weighted by atomic mass is 16.5. The fourth-order valence-electron chi connectivity index (χ4n) is 2.13. The van der Waals surface area contributed by atoms with Crippen molar-refractivity contribution >= 4 is 5.91 Å². The van der Waals surface area contributed by atoms with Crippen LogP contribution in [0.2, 0.25) is 0 Å². The van der Waals surface area contributed by atoms with E-state index < -0.39 is 5.91 Å². The summed E-state index contributed by atoms with van der Waals surface area (Å²) in [5, 5.41) is 15.9. The van der Waals surface area contributed by atoms with Gasteiger partial charge in [0.1, 0.15) is 6.61 Å². The van der Waals surface area contributed by atoms with Gasteiger partial charge in [-0.3, -0.25) is 10.0 Å². The molecule has 0 aliphatic heterocycles. The first-order valence-corrected chi connectivity index (χ1v) is 7.34. The Morgan fingerprint density at radius 1 is 1.16 bits per heavy atom. The van der Waals surface area contributed by atoms with Crippen molar-refractivity contribution in [1.82, 2.24) is 15.7 Å². The zero-order valence-corrected chi connectivity index (χ0v) is 13.3. The second kappa shape index (κ2) is 7.45. The molecule has 25 heavy (non-hydrogen) atoms. The van der Waals surface area contributed by atoms with Crippen LogP contribution in [0.15, 0.2) is 52.9 Å². The van der Waals surface area contributed by atoms with Gasteiger partial charge < -0.3 is 13.9 Å². The molecule has 0 saturated heterocycles. The van der Waals surface area contributed by atoms with E-state index in [-0.39, 0.29) is 11.8 Å². The number of hydroxylamine groups is 1. The second-order valence-corrected chi connectivity index (χ2v) is 4.99. The summed E-state index contributed by atoms with van der Waals surface area (Å²) in [6, 6.07) is 14.8. The van der Waals surface area contributed by atoms with Crippen LogP contribution >= 0.6 is 0 Å². The molecule has 0 saturated carbocycles. The minimum atomic E-state index is -0.881. The molecule has 0 aliphatic rings. The first-order valence-electron chi connectivity index (χ1n) is 7.34. The molecule has 0 aliphatic carbocycles. The fraction of sp³-hybridized carbons (Fsp3) is 0.118. The zero-order valence-electron chi connectivity index (χ0n) is 13.3. The average Bonchev–Trinajstić information content (AvgIpc) is 3.16. The lowest BCUT2D eigenvalue weighted by molar-refractivity contribution is 0.0669. The molecule has 2 N–H and O–H groups in total. The van der Waals surface area contributed by atoms with Crippen molar-refractivity contribution in [2.75, 3.05) is 7.11 Å². The van der Waals surface area contributed by atoms with Gasteiger partial charge in [0, 0.05) is 5.56 Å². The molecule has 0 radical (unpaired) electrons. The van der Waals surface area contributed by atoms with E-state index in [9.17, 15) is 4.79 Å². The van der Waals surface area contributed by atoms with Crippen LogP contribution in [0.4, 0.5) is 0 Å². The molecule has 8 heteroatoms. The van der Waals surface area contributed by atoms with Gasteiger partial charge in [-0.05, 0) is 23.8 Å². The first-order chi connectivity index (χ1) is 12.2. The molecule has 2 aromatic carbocycles. The lowest BCUT2D eigenvalue weighted by Crippen LogP contribution is -2.18. The lowest BCUT2D eigenvalue weighted by Gasteiger charge is -2.11. The number of rotatable bonds is 6. The van der Waals surface area contributed by atoms with Crippen LogP contribution in [0.25, 0.3) is 11.5 Å². The number of hydrogen-bond acceptors (Lipinski definition) is 7. The van der Waals surface area contributed by atoms with Crippen molar-refractivity contribution in [3.05, 3.63) is 60.0 Å². The maximum Gasteiger partial charge on any atom is 0.332 e. The van der Waals surface area contributed by atoms with Gasteiger partial charge in [-0.15, -0.1) is 10.2 Å². The van der Waals surface area contributed by atoms with Crippen LogP contribution in [0.1, 0.15) is 16.2 Å². The van der Waals surface area contributed by atoms with Crippen LogP contribution in [0, 0.1) is 0 Å². The van der Waals surface area contributed by atoms with Gasteiger partial charge in [0.05, 0.1) is 7.11 Å². The smallest absolute Gasteiger partial charge is 0.332 e. The second-order valence-electron chi connectivity index (χ2n) is 4.99. The Labute approximate surface area is 143 Å². The monoisotopic (exact) mass is 341 g/mol. The highest BCUT2D eigenvalue weighted by molar-refractivity contribution is 5.88. The summed E-state index contributed by atoms with van der Waals surface area (Å²) in [4.78, 5) is 11.3. The lowest BCUT2D eigenvalue weighted by atomic mass is 10.2. The molecule has 0 unspecified atom stereocenters. The summed E-state index contributed by atoms with van der Waals surface area (Å²) in [5.74, 6) is -0.0661. The van der Waals surface area contributed by atoms with Gasteiger partial charge in [0.2, 0.25) is 5.89 Å². The summed E-state index contributed by atoms with van der Waals surface area (Å²) in [6.07, 6.45) is 0. The predicted octanol–water partition coefficient (Wildman–Crippen LogP) is 2.44. The Morgan fingerprint density at radius 3 is 2.68 bits per heavy atom. The molecule has 8 nitrogen and oxygen atoms in total. The maximum atomic E-state index is 11.3. The van der Waals surface area contributed by atoms with E-state index in [1.165, 1.54) is 12.6 Å². The minimum Gasteiger partial charge on any atom is -0.493 e. The summed E-state index contributed by atoms with van der Waals surface area (Å²) in [7, 11) is 1.52. The molecule has 0 bridgehead atoms. The molecule has 3 aromatic rings. The van der Waals surface area contributed by atoms with E-state index in [1.54, 1.807) is 18.2 Å².